The average molecular weight is 365 g/mol. The summed E-state index contributed by atoms with van der Waals surface area (Å²) in [6.07, 6.45) is 9.27. The number of carbonyl (C=O) groups excluding carboxylic acids is 1. The molecule has 3 atom stereocenters. The molecule has 3 N–H and O–H groups in total. The molecule has 2 aliphatic rings. The largest absolute Gasteiger partial charge is 0.455 e. The molecule has 2 aliphatic carbocycles. The molecule has 140 valence electrons. The third-order valence-electron chi connectivity index (χ3n) is 5.33. The number of nitrogens with zero attached hydrogens (tertiary/aromatic N) is 1. The number of benzene rings is 1. The van der Waals surface area contributed by atoms with Crippen LogP contribution in [-0.4, -0.2) is 28.3 Å². The van der Waals surface area contributed by atoms with Gasteiger partial charge in [-0.25, -0.2) is 4.79 Å². The fourth-order valence-corrected chi connectivity index (χ4v) is 3.92. The molecule has 27 heavy (non-hydrogen) atoms. The van der Waals surface area contributed by atoms with E-state index in [2.05, 4.69) is 27.8 Å². The minimum atomic E-state index is -0.825. The Hall–Kier alpha value is -2.86. The summed E-state index contributed by atoms with van der Waals surface area (Å²) in [6, 6.07) is 8.77. The van der Waals surface area contributed by atoms with Gasteiger partial charge in [-0.3, -0.25) is 4.98 Å². The maximum Gasteiger partial charge on any atom is 0.319 e. The van der Waals surface area contributed by atoms with E-state index in [9.17, 15) is 9.90 Å². The zero-order chi connectivity index (χ0) is 18.9. The van der Waals surface area contributed by atoms with Gasteiger partial charge in [-0.1, -0.05) is 12.2 Å². The molecular formula is C21H23N3O3. The van der Waals surface area contributed by atoms with Crippen LogP contribution in [0.1, 0.15) is 18.4 Å². The highest BCUT2D eigenvalue weighted by Gasteiger charge is 2.47. The van der Waals surface area contributed by atoms with Gasteiger partial charge in [0.15, 0.2) is 0 Å². The summed E-state index contributed by atoms with van der Waals surface area (Å²) in [5.74, 6) is 1.96. The van der Waals surface area contributed by atoms with Crippen molar-refractivity contribution in [2.45, 2.75) is 25.4 Å². The van der Waals surface area contributed by atoms with Crippen molar-refractivity contribution < 1.29 is 14.6 Å². The standard InChI is InChI=1S/C21H23N3O3/c1-14-9-17(6-7-19(14)27-18-3-2-8-22-12-18)24-20(25)23-13-21(26)11-15-4-5-16(21)10-15/h2-9,12,15-16,26H,10-11,13H2,1H3,(H2,23,24,25)/t15-,16+,21-/m0/s1. The lowest BCUT2D eigenvalue weighted by atomic mass is 9.88. The number of hydrogen-bond acceptors (Lipinski definition) is 4. The molecule has 1 heterocycles. The average Bonchev–Trinajstić information content (AvgIpc) is 3.24. The first-order chi connectivity index (χ1) is 13.0. The third kappa shape index (κ3) is 3.80. The first kappa shape index (κ1) is 17.5. The molecule has 1 aromatic heterocycles. The Morgan fingerprint density at radius 1 is 1.37 bits per heavy atom. The molecule has 1 saturated carbocycles. The number of pyridine rings is 1. The van der Waals surface area contributed by atoms with Gasteiger partial charge in [-0.15, -0.1) is 0 Å². The van der Waals surface area contributed by atoms with E-state index < -0.39 is 5.60 Å². The number of urea groups is 1. The first-order valence-corrected chi connectivity index (χ1v) is 9.16. The number of amides is 2. The van der Waals surface area contributed by atoms with Crippen molar-refractivity contribution in [1.29, 1.82) is 0 Å². The highest BCUT2D eigenvalue weighted by molar-refractivity contribution is 5.89. The van der Waals surface area contributed by atoms with E-state index in [1.807, 2.05) is 31.2 Å². The Labute approximate surface area is 158 Å². The summed E-state index contributed by atoms with van der Waals surface area (Å²) in [5.41, 5.74) is 0.741. The highest BCUT2D eigenvalue weighted by atomic mass is 16.5. The van der Waals surface area contributed by atoms with Crippen molar-refractivity contribution in [3.63, 3.8) is 0 Å². The third-order valence-corrected chi connectivity index (χ3v) is 5.33. The topological polar surface area (TPSA) is 83.5 Å². The Bertz CT molecular complexity index is 868. The summed E-state index contributed by atoms with van der Waals surface area (Å²) in [5, 5.41) is 16.3. The number of aromatic nitrogens is 1. The van der Waals surface area contributed by atoms with Gasteiger partial charge in [0, 0.05) is 24.3 Å². The minimum absolute atomic E-state index is 0.147. The Kier molecular flexibility index (Phi) is 4.58. The molecule has 0 spiro atoms. The number of aliphatic hydroxyl groups is 1. The zero-order valence-corrected chi connectivity index (χ0v) is 15.2. The number of rotatable bonds is 5. The van der Waals surface area contributed by atoms with E-state index in [1.165, 1.54) is 0 Å². The van der Waals surface area contributed by atoms with Crippen LogP contribution in [0.15, 0.2) is 54.9 Å². The van der Waals surface area contributed by atoms with Crippen molar-refractivity contribution in [3.8, 4) is 11.5 Å². The van der Waals surface area contributed by atoms with E-state index >= 15 is 0 Å². The predicted octanol–water partition coefficient (Wildman–Crippen LogP) is 3.63. The fraction of sp³-hybridized carbons (Fsp3) is 0.333. The second kappa shape index (κ2) is 7.04. The van der Waals surface area contributed by atoms with Gasteiger partial charge in [0.2, 0.25) is 0 Å². The van der Waals surface area contributed by atoms with E-state index in [0.717, 1.165) is 12.0 Å². The first-order valence-electron chi connectivity index (χ1n) is 9.16. The molecule has 0 saturated heterocycles. The van der Waals surface area contributed by atoms with E-state index in [4.69, 9.17) is 4.74 Å². The molecule has 2 bridgehead atoms. The zero-order valence-electron chi connectivity index (χ0n) is 15.2. The van der Waals surface area contributed by atoms with Gasteiger partial charge in [-0.2, -0.15) is 0 Å². The Morgan fingerprint density at radius 2 is 2.26 bits per heavy atom. The monoisotopic (exact) mass is 365 g/mol. The number of aryl methyl sites for hydroxylation is 1. The number of hydrogen-bond donors (Lipinski definition) is 3. The smallest absolute Gasteiger partial charge is 0.319 e. The molecule has 0 radical (unpaired) electrons. The lowest BCUT2D eigenvalue weighted by Crippen LogP contribution is -2.46. The predicted molar refractivity (Wildman–Crippen MR) is 103 cm³/mol. The van der Waals surface area contributed by atoms with Crippen molar-refractivity contribution in [2.75, 3.05) is 11.9 Å². The maximum atomic E-state index is 12.2. The van der Waals surface area contributed by atoms with Crippen molar-refractivity contribution in [2.24, 2.45) is 11.8 Å². The lowest BCUT2D eigenvalue weighted by molar-refractivity contribution is 0.0183. The molecule has 1 aromatic carbocycles. The molecule has 2 amide bonds. The van der Waals surface area contributed by atoms with Crippen LogP contribution >= 0.6 is 0 Å². The number of allylic oxidation sites excluding steroid dienone is 1. The van der Waals surface area contributed by atoms with Gasteiger partial charge in [0.05, 0.1) is 11.8 Å². The number of carbonyl (C=O) groups is 1. The summed E-state index contributed by atoms with van der Waals surface area (Å²) in [4.78, 5) is 16.2. The van der Waals surface area contributed by atoms with Gasteiger partial charge in [0.25, 0.3) is 0 Å². The van der Waals surface area contributed by atoms with Crippen LogP contribution in [0.3, 0.4) is 0 Å². The summed E-state index contributed by atoms with van der Waals surface area (Å²) >= 11 is 0. The number of ether oxygens (including phenoxy) is 1. The molecule has 0 unspecified atom stereocenters. The van der Waals surface area contributed by atoms with Gasteiger partial charge in [0.1, 0.15) is 11.5 Å². The van der Waals surface area contributed by atoms with Crippen LogP contribution in [0, 0.1) is 18.8 Å². The van der Waals surface area contributed by atoms with Crippen LogP contribution < -0.4 is 15.4 Å². The quantitative estimate of drug-likeness (QED) is 0.707. The normalized spacial score (nSPS) is 25.4. The molecule has 2 aromatic rings. The summed E-state index contributed by atoms with van der Waals surface area (Å²) < 4.78 is 5.80. The van der Waals surface area contributed by atoms with Crippen LogP contribution in [0.2, 0.25) is 0 Å². The lowest BCUT2D eigenvalue weighted by Gasteiger charge is -2.30. The van der Waals surface area contributed by atoms with Gasteiger partial charge in [-0.05, 0) is 61.6 Å². The number of nitrogens with one attached hydrogen (secondary N) is 2. The second-order valence-corrected chi connectivity index (χ2v) is 7.37. The molecule has 4 rings (SSSR count). The molecule has 1 fully saturated rings. The van der Waals surface area contributed by atoms with Gasteiger partial charge < -0.3 is 20.5 Å². The molecule has 0 aliphatic heterocycles. The van der Waals surface area contributed by atoms with Crippen molar-refractivity contribution in [1.82, 2.24) is 10.3 Å². The van der Waals surface area contributed by atoms with Crippen LogP contribution in [0.25, 0.3) is 0 Å². The molecular weight excluding hydrogens is 342 g/mol. The second-order valence-electron chi connectivity index (χ2n) is 7.37. The summed E-state index contributed by atoms with van der Waals surface area (Å²) in [7, 11) is 0. The van der Waals surface area contributed by atoms with Crippen molar-refractivity contribution in [3.05, 3.63) is 60.4 Å². The highest BCUT2D eigenvalue weighted by Crippen LogP contribution is 2.45. The van der Waals surface area contributed by atoms with Crippen LogP contribution in [0.4, 0.5) is 10.5 Å². The summed E-state index contributed by atoms with van der Waals surface area (Å²) in [6.45, 7) is 2.17. The number of anilines is 1. The number of fused-ring (bicyclic) bond motifs is 2. The van der Waals surface area contributed by atoms with Crippen molar-refractivity contribution >= 4 is 11.7 Å². The van der Waals surface area contributed by atoms with E-state index in [1.54, 1.807) is 18.5 Å². The van der Waals surface area contributed by atoms with Crippen LogP contribution in [0.5, 0.6) is 11.5 Å². The van der Waals surface area contributed by atoms with E-state index in [0.29, 0.717) is 29.5 Å². The Morgan fingerprint density at radius 3 is 2.93 bits per heavy atom. The molecule has 6 nitrogen and oxygen atoms in total. The van der Waals surface area contributed by atoms with Gasteiger partial charge >= 0.3 is 6.03 Å². The SMILES string of the molecule is Cc1cc(NC(=O)NC[C@@]2(O)C[C@H]3C=C[C@@H]2C3)ccc1Oc1cccnc1. The Balaban J connectivity index is 1.33. The molecule has 6 heteroatoms. The maximum absolute atomic E-state index is 12.2. The van der Waals surface area contributed by atoms with E-state index in [-0.39, 0.29) is 18.5 Å². The van der Waals surface area contributed by atoms with Crippen LogP contribution in [-0.2, 0) is 0 Å². The minimum Gasteiger partial charge on any atom is -0.455 e. The fourth-order valence-electron chi connectivity index (χ4n) is 3.92.